The smallest absolute Gasteiger partial charge is 0.228 e. The lowest BCUT2D eigenvalue weighted by Gasteiger charge is -2.13. The van der Waals surface area contributed by atoms with E-state index in [0.29, 0.717) is 11.9 Å². The zero-order valence-electron chi connectivity index (χ0n) is 10.5. The summed E-state index contributed by atoms with van der Waals surface area (Å²) >= 11 is 0. The van der Waals surface area contributed by atoms with Crippen LogP contribution in [0, 0.1) is 5.92 Å². The predicted molar refractivity (Wildman–Crippen MR) is 71.5 cm³/mol. The third-order valence-electron chi connectivity index (χ3n) is 3.69. The van der Waals surface area contributed by atoms with Gasteiger partial charge in [-0.1, -0.05) is 12.8 Å². The molecule has 18 heavy (non-hydrogen) atoms. The molecule has 2 N–H and O–H groups in total. The summed E-state index contributed by atoms with van der Waals surface area (Å²) in [7, 11) is 0. The number of carbonyl (C=O) groups excluding carboxylic acids is 1. The Kier molecular flexibility index (Phi) is 3.17. The molecular formula is C14H19N3O. The van der Waals surface area contributed by atoms with E-state index in [0.717, 1.165) is 18.5 Å². The predicted octanol–water partition coefficient (Wildman–Crippen LogP) is 2.78. The number of nitrogens with one attached hydrogen (secondary N) is 2. The fourth-order valence-electron chi connectivity index (χ4n) is 2.43. The monoisotopic (exact) mass is 245 g/mol. The Hall–Kier alpha value is -1.58. The first-order chi connectivity index (χ1) is 8.81. The second-order valence-corrected chi connectivity index (χ2v) is 5.32. The van der Waals surface area contributed by atoms with Crippen molar-refractivity contribution < 1.29 is 4.79 Å². The number of anilines is 2. The fraction of sp³-hybridized carbons (Fsp3) is 0.571. The van der Waals surface area contributed by atoms with Gasteiger partial charge in [-0.2, -0.15) is 0 Å². The maximum Gasteiger partial charge on any atom is 0.228 e. The maximum atomic E-state index is 11.6. The molecule has 0 bridgehead atoms. The van der Waals surface area contributed by atoms with E-state index in [1.54, 1.807) is 6.20 Å². The molecule has 4 heteroatoms. The van der Waals surface area contributed by atoms with Gasteiger partial charge in [0.25, 0.3) is 0 Å². The van der Waals surface area contributed by atoms with Gasteiger partial charge in [0.05, 0.1) is 11.9 Å². The van der Waals surface area contributed by atoms with Gasteiger partial charge >= 0.3 is 0 Å². The molecule has 2 aliphatic carbocycles. The maximum absolute atomic E-state index is 11.6. The van der Waals surface area contributed by atoms with E-state index < -0.39 is 0 Å². The zero-order chi connectivity index (χ0) is 12.4. The molecule has 0 saturated heterocycles. The van der Waals surface area contributed by atoms with Crippen LogP contribution < -0.4 is 10.6 Å². The van der Waals surface area contributed by atoms with E-state index in [4.69, 9.17) is 0 Å². The molecule has 0 aliphatic heterocycles. The number of hydrogen-bond acceptors (Lipinski definition) is 3. The molecule has 2 fully saturated rings. The van der Waals surface area contributed by atoms with Crippen LogP contribution in [0.5, 0.6) is 0 Å². The molecule has 0 spiro atoms. The van der Waals surface area contributed by atoms with Crippen LogP contribution in [0.15, 0.2) is 18.3 Å². The largest absolute Gasteiger partial charge is 0.381 e. The minimum absolute atomic E-state index is 0.110. The first kappa shape index (κ1) is 11.5. The van der Waals surface area contributed by atoms with Gasteiger partial charge in [-0.05, 0) is 37.8 Å². The highest BCUT2D eigenvalue weighted by Crippen LogP contribution is 2.30. The lowest BCUT2D eigenvalue weighted by Crippen LogP contribution is -2.16. The average molecular weight is 245 g/mol. The van der Waals surface area contributed by atoms with Crippen molar-refractivity contribution in [1.82, 2.24) is 4.98 Å². The SMILES string of the molecule is O=C(Nc1ccc(NC2CCCC2)cn1)C1CC1. The summed E-state index contributed by atoms with van der Waals surface area (Å²) in [4.78, 5) is 15.8. The van der Waals surface area contributed by atoms with Crippen LogP contribution in [0.1, 0.15) is 38.5 Å². The Bertz CT molecular complexity index is 419. The van der Waals surface area contributed by atoms with Crippen LogP contribution in [-0.4, -0.2) is 16.9 Å². The number of aromatic nitrogens is 1. The van der Waals surface area contributed by atoms with Crippen molar-refractivity contribution in [1.29, 1.82) is 0 Å². The van der Waals surface area contributed by atoms with Crippen LogP contribution in [0.3, 0.4) is 0 Å². The number of nitrogens with zero attached hydrogens (tertiary/aromatic N) is 1. The molecule has 2 saturated carbocycles. The van der Waals surface area contributed by atoms with Crippen molar-refractivity contribution in [3.63, 3.8) is 0 Å². The number of pyridine rings is 1. The normalized spacial score (nSPS) is 19.8. The van der Waals surface area contributed by atoms with Gasteiger partial charge < -0.3 is 10.6 Å². The Labute approximate surface area is 107 Å². The molecular weight excluding hydrogens is 226 g/mol. The quantitative estimate of drug-likeness (QED) is 0.857. The summed E-state index contributed by atoms with van der Waals surface area (Å²) in [6.07, 6.45) is 8.99. The Balaban J connectivity index is 1.56. The van der Waals surface area contributed by atoms with Crippen LogP contribution in [0.25, 0.3) is 0 Å². The first-order valence-corrected chi connectivity index (χ1v) is 6.85. The van der Waals surface area contributed by atoms with Gasteiger partial charge in [0, 0.05) is 12.0 Å². The van der Waals surface area contributed by atoms with Gasteiger partial charge in [0.15, 0.2) is 0 Å². The molecule has 0 aromatic carbocycles. The standard InChI is InChI=1S/C14H19N3O/c18-14(10-5-6-10)17-13-8-7-12(9-15-13)16-11-3-1-2-4-11/h7-11,16H,1-6H2,(H,15,17,18). The van der Waals surface area contributed by atoms with Crippen molar-refractivity contribution in [3.05, 3.63) is 18.3 Å². The molecule has 1 heterocycles. The first-order valence-electron chi connectivity index (χ1n) is 6.85. The Morgan fingerprint density at radius 2 is 1.94 bits per heavy atom. The molecule has 1 aromatic rings. The van der Waals surface area contributed by atoms with Crippen molar-refractivity contribution in [2.45, 2.75) is 44.6 Å². The Morgan fingerprint density at radius 3 is 2.56 bits per heavy atom. The van der Waals surface area contributed by atoms with Crippen molar-refractivity contribution >= 4 is 17.4 Å². The molecule has 1 amide bonds. The topological polar surface area (TPSA) is 54.0 Å². The van der Waals surface area contributed by atoms with Gasteiger partial charge in [-0.25, -0.2) is 4.98 Å². The molecule has 0 atom stereocenters. The third kappa shape index (κ3) is 2.81. The zero-order valence-corrected chi connectivity index (χ0v) is 10.5. The van der Waals surface area contributed by atoms with Crippen LogP contribution >= 0.6 is 0 Å². The van der Waals surface area contributed by atoms with Crippen molar-refractivity contribution in [2.24, 2.45) is 5.92 Å². The minimum atomic E-state index is 0.110. The highest BCUT2D eigenvalue weighted by molar-refractivity contribution is 5.93. The van der Waals surface area contributed by atoms with E-state index in [1.807, 2.05) is 12.1 Å². The number of carbonyl (C=O) groups is 1. The summed E-state index contributed by atoms with van der Waals surface area (Å²) in [6.45, 7) is 0. The lowest BCUT2D eigenvalue weighted by molar-refractivity contribution is -0.117. The summed E-state index contributed by atoms with van der Waals surface area (Å²) in [6, 6.07) is 4.46. The fourth-order valence-corrected chi connectivity index (χ4v) is 2.43. The van der Waals surface area contributed by atoms with Gasteiger partial charge in [0.2, 0.25) is 5.91 Å². The van der Waals surface area contributed by atoms with E-state index in [2.05, 4.69) is 15.6 Å². The molecule has 4 nitrogen and oxygen atoms in total. The molecule has 3 rings (SSSR count). The number of rotatable bonds is 4. The summed E-state index contributed by atoms with van der Waals surface area (Å²) in [5.74, 6) is 0.992. The second kappa shape index (κ2) is 4.96. The van der Waals surface area contributed by atoms with Crippen LogP contribution in [-0.2, 0) is 4.79 Å². The Morgan fingerprint density at radius 1 is 1.17 bits per heavy atom. The van der Waals surface area contributed by atoms with Crippen LogP contribution in [0.2, 0.25) is 0 Å². The van der Waals surface area contributed by atoms with Gasteiger partial charge in [0.1, 0.15) is 5.82 Å². The molecule has 2 aliphatic rings. The minimum Gasteiger partial charge on any atom is -0.381 e. The van der Waals surface area contributed by atoms with Gasteiger partial charge in [-0.15, -0.1) is 0 Å². The van der Waals surface area contributed by atoms with Gasteiger partial charge in [-0.3, -0.25) is 4.79 Å². The molecule has 1 aromatic heterocycles. The lowest BCUT2D eigenvalue weighted by atomic mass is 10.2. The van der Waals surface area contributed by atoms with E-state index in [-0.39, 0.29) is 11.8 Å². The number of hydrogen-bond donors (Lipinski definition) is 2. The molecule has 0 unspecified atom stereocenters. The summed E-state index contributed by atoms with van der Waals surface area (Å²) < 4.78 is 0. The second-order valence-electron chi connectivity index (χ2n) is 5.32. The average Bonchev–Trinajstić information content (AvgIpc) is 3.11. The third-order valence-corrected chi connectivity index (χ3v) is 3.69. The van der Waals surface area contributed by atoms with Crippen molar-refractivity contribution in [2.75, 3.05) is 10.6 Å². The number of amides is 1. The van der Waals surface area contributed by atoms with Crippen molar-refractivity contribution in [3.8, 4) is 0 Å². The van der Waals surface area contributed by atoms with E-state index >= 15 is 0 Å². The summed E-state index contributed by atoms with van der Waals surface area (Å²) in [5.41, 5.74) is 1.05. The molecule has 96 valence electrons. The summed E-state index contributed by atoms with van der Waals surface area (Å²) in [5, 5.41) is 6.33. The van der Waals surface area contributed by atoms with E-state index in [9.17, 15) is 4.79 Å². The van der Waals surface area contributed by atoms with E-state index in [1.165, 1.54) is 25.7 Å². The highest BCUT2D eigenvalue weighted by atomic mass is 16.2. The molecule has 0 radical (unpaired) electrons. The van der Waals surface area contributed by atoms with Crippen LogP contribution in [0.4, 0.5) is 11.5 Å². The highest BCUT2D eigenvalue weighted by Gasteiger charge is 2.29.